The second kappa shape index (κ2) is 5.07. The third-order valence-electron chi connectivity index (χ3n) is 3.19. The number of nitro groups is 1. The van der Waals surface area contributed by atoms with Crippen LogP contribution in [0.15, 0.2) is 34.1 Å². The third kappa shape index (κ3) is 2.35. The van der Waals surface area contributed by atoms with Crippen molar-refractivity contribution in [1.82, 2.24) is 9.97 Å². The second-order valence-corrected chi connectivity index (χ2v) is 5.00. The van der Waals surface area contributed by atoms with Gasteiger partial charge in [-0.05, 0) is 29.9 Å². The Labute approximate surface area is 128 Å². The summed E-state index contributed by atoms with van der Waals surface area (Å²) in [5.41, 5.74) is 6.20. The third-order valence-corrected chi connectivity index (χ3v) is 3.40. The number of rotatable bonds is 2. The molecule has 10 heteroatoms. The van der Waals surface area contributed by atoms with Crippen molar-refractivity contribution in [2.75, 3.05) is 5.32 Å². The van der Waals surface area contributed by atoms with Crippen LogP contribution in [-0.2, 0) is 0 Å². The van der Waals surface area contributed by atoms with Crippen molar-refractivity contribution in [3.05, 3.63) is 60.6 Å². The van der Waals surface area contributed by atoms with Crippen LogP contribution < -0.4 is 16.6 Å². The first-order valence-corrected chi connectivity index (χ1v) is 6.57. The van der Waals surface area contributed by atoms with E-state index in [1.54, 1.807) is 0 Å². The number of nitrogens with two attached hydrogens (primary N) is 1. The molecule has 1 aliphatic heterocycles. The fraction of sp³-hybridized carbons (Fsp3) is 0.0833. The normalized spacial score (nSPS) is 16.4. The van der Waals surface area contributed by atoms with Crippen LogP contribution in [-0.4, -0.2) is 20.9 Å². The highest BCUT2D eigenvalue weighted by molar-refractivity contribution is 7.71. The molecule has 0 fully saturated rings. The highest BCUT2D eigenvalue weighted by Gasteiger charge is 2.26. The lowest BCUT2D eigenvalue weighted by Crippen LogP contribution is -2.33. The Morgan fingerprint density at radius 1 is 1.27 bits per heavy atom. The average molecular weight is 318 g/mol. The molecule has 0 aliphatic carbocycles. The van der Waals surface area contributed by atoms with Crippen LogP contribution >= 0.6 is 12.2 Å². The summed E-state index contributed by atoms with van der Waals surface area (Å²) in [5.74, 6) is 0.483. The zero-order valence-corrected chi connectivity index (χ0v) is 11.8. The summed E-state index contributed by atoms with van der Waals surface area (Å²) < 4.78 is 0.161. The average Bonchev–Trinajstić information content (AvgIpc) is 2.45. The number of nitrogens with zero attached hydrogens (tertiary/aromatic N) is 2. The standard InChI is InChI=1S/C12H10N6O3S/c13-11-14-8(5-1-3-6(4-2-5)18(20)21)7-9(15-11)16-12(22)17-10(7)19/h1-4,8H,(H5,13,14,15,16,17,19,22). The highest BCUT2D eigenvalue weighted by Crippen LogP contribution is 2.31. The highest BCUT2D eigenvalue weighted by atomic mass is 32.1. The monoisotopic (exact) mass is 318 g/mol. The molecule has 5 N–H and O–H groups in total. The lowest BCUT2D eigenvalue weighted by Gasteiger charge is -2.22. The molecule has 22 heavy (non-hydrogen) atoms. The molecule has 1 unspecified atom stereocenters. The van der Waals surface area contributed by atoms with Gasteiger partial charge in [0.05, 0.1) is 10.5 Å². The van der Waals surface area contributed by atoms with E-state index in [0.717, 1.165) is 0 Å². The fourth-order valence-corrected chi connectivity index (χ4v) is 2.43. The van der Waals surface area contributed by atoms with Crippen LogP contribution in [0, 0.1) is 14.9 Å². The van der Waals surface area contributed by atoms with Crippen LogP contribution in [0.3, 0.4) is 0 Å². The van der Waals surface area contributed by atoms with E-state index in [9.17, 15) is 14.9 Å². The van der Waals surface area contributed by atoms with Crippen molar-refractivity contribution < 1.29 is 4.92 Å². The summed E-state index contributed by atoms with van der Waals surface area (Å²) in [4.78, 5) is 31.9. The maximum absolute atomic E-state index is 12.1. The van der Waals surface area contributed by atoms with Gasteiger partial charge in [-0.25, -0.2) is 4.99 Å². The van der Waals surface area contributed by atoms with Gasteiger partial charge in [0.2, 0.25) is 0 Å². The van der Waals surface area contributed by atoms with Crippen molar-refractivity contribution in [3.63, 3.8) is 0 Å². The zero-order chi connectivity index (χ0) is 15.9. The minimum Gasteiger partial charge on any atom is -0.370 e. The van der Waals surface area contributed by atoms with E-state index in [2.05, 4.69) is 20.3 Å². The van der Waals surface area contributed by atoms with Gasteiger partial charge in [0.25, 0.3) is 11.2 Å². The number of nitrogens with one attached hydrogen (secondary N) is 3. The maximum atomic E-state index is 12.1. The van der Waals surface area contributed by atoms with Gasteiger partial charge in [-0.15, -0.1) is 0 Å². The van der Waals surface area contributed by atoms with Crippen molar-refractivity contribution in [2.45, 2.75) is 6.04 Å². The molecule has 3 rings (SSSR count). The van der Waals surface area contributed by atoms with Crippen LogP contribution in [0.5, 0.6) is 0 Å². The molecule has 0 spiro atoms. The van der Waals surface area contributed by atoms with E-state index in [4.69, 9.17) is 18.0 Å². The quantitative estimate of drug-likeness (QED) is 0.372. The molecule has 0 amide bonds. The number of anilines is 1. The van der Waals surface area contributed by atoms with Gasteiger partial charge < -0.3 is 16.0 Å². The molecule has 2 heterocycles. The molecule has 0 saturated carbocycles. The van der Waals surface area contributed by atoms with Crippen LogP contribution in [0.1, 0.15) is 17.2 Å². The van der Waals surface area contributed by atoms with Gasteiger partial charge in [-0.3, -0.25) is 19.9 Å². The summed E-state index contributed by atoms with van der Waals surface area (Å²) in [5, 5.41) is 13.5. The van der Waals surface area contributed by atoms with Crippen molar-refractivity contribution in [1.29, 1.82) is 0 Å². The Morgan fingerprint density at radius 3 is 2.59 bits per heavy atom. The summed E-state index contributed by atoms with van der Waals surface area (Å²) in [6.45, 7) is 0. The van der Waals surface area contributed by atoms with Gasteiger partial charge >= 0.3 is 0 Å². The number of guanidine groups is 1. The maximum Gasteiger partial charge on any atom is 0.269 e. The number of nitro benzene ring substituents is 1. The fourth-order valence-electron chi connectivity index (χ4n) is 2.24. The SMILES string of the molecule is NC1=NC(c2ccc([N+](=O)[O-])cc2)c2c([nH]c(=S)[nH]c2=O)N1. The number of hydrogen-bond acceptors (Lipinski definition) is 7. The number of hydrogen-bond donors (Lipinski definition) is 4. The Hall–Kier alpha value is -3.01. The first-order valence-electron chi connectivity index (χ1n) is 6.17. The Kier molecular flexibility index (Phi) is 3.22. The van der Waals surface area contributed by atoms with Crippen molar-refractivity contribution >= 4 is 29.7 Å². The molecule has 0 radical (unpaired) electrons. The minimum absolute atomic E-state index is 0.0452. The van der Waals surface area contributed by atoms with Crippen LogP contribution in [0.25, 0.3) is 0 Å². The molecule has 9 nitrogen and oxygen atoms in total. The molecule has 0 saturated heterocycles. The molecule has 1 aromatic heterocycles. The van der Waals surface area contributed by atoms with Gasteiger partial charge in [-0.2, -0.15) is 0 Å². The number of aromatic nitrogens is 2. The lowest BCUT2D eigenvalue weighted by atomic mass is 9.99. The molecule has 1 aromatic carbocycles. The molecule has 112 valence electrons. The summed E-state index contributed by atoms with van der Waals surface area (Å²) >= 11 is 4.92. The Bertz CT molecular complexity index is 898. The first-order chi connectivity index (χ1) is 10.5. The Morgan fingerprint density at radius 2 is 1.95 bits per heavy atom. The molecule has 1 atom stereocenters. The van der Waals surface area contributed by atoms with E-state index in [1.807, 2.05) is 0 Å². The van der Waals surface area contributed by atoms with E-state index in [-0.39, 0.29) is 16.4 Å². The second-order valence-electron chi connectivity index (χ2n) is 4.59. The van der Waals surface area contributed by atoms with Crippen LogP contribution in [0.2, 0.25) is 0 Å². The van der Waals surface area contributed by atoms with Crippen molar-refractivity contribution in [2.24, 2.45) is 10.7 Å². The predicted octanol–water partition coefficient (Wildman–Crippen LogP) is 1.17. The van der Waals surface area contributed by atoms with E-state index < -0.39 is 16.5 Å². The molecule has 1 aliphatic rings. The molecular weight excluding hydrogens is 308 g/mol. The molecule has 0 bridgehead atoms. The zero-order valence-electron chi connectivity index (χ0n) is 11.0. The topological polar surface area (TPSA) is 142 Å². The number of aromatic amines is 2. The van der Waals surface area contributed by atoms with Crippen molar-refractivity contribution in [3.8, 4) is 0 Å². The first kappa shape index (κ1) is 13.9. The summed E-state index contributed by atoms with van der Waals surface area (Å²) in [6.07, 6.45) is 0. The number of non-ortho nitro benzene ring substituents is 1. The van der Waals surface area contributed by atoms with E-state index in [0.29, 0.717) is 16.9 Å². The lowest BCUT2D eigenvalue weighted by molar-refractivity contribution is -0.384. The minimum atomic E-state index is -0.673. The Balaban J connectivity index is 2.15. The predicted molar refractivity (Wildman–Crippen MR) is 82.4 cm³/mol. The van der Waals surface area contributed by atoms with Crippen LogP contribution in [0.4, 0.5) is 11.5 Å². The van der Waals surface area contributed by atoms with Gasteiger partial charge in [-0.1, -0.05) is 0 Å². The van der Waals surface area contributed by atoms with E-state index in [1.165, 1.54) is 24.3 Å². The smallest absolute Gasteiger partial charge is 0.269 e. The molecule has 2 aromatic rings. The number of aliphatic imine (C=N–C) groups is 1. The largest absolute Gasteiger partial charge is 0.370 e. The molecular formula is C12H10N6O3S. The van der Waals surface area contributed by atoms with Gasteiger partial charge in [0, 0.05) is 12.1 Å². The summed E-state index contributed by atoms with van der Waals surface area (Å²) in [7, 11) is 0. The number of benzene rings is 1. The van der Waals surface area contributed by atoms with E-state index >= 15 is 0 Å². The number of fused-ring (bicyclic) bond motifs is 1. The number of H-pyrrole nitrogens is 2. The summed E-state index contributed by atoms with van der Waals surface area (Å²) in [6, 6.07) is 5.10. The van der Waals surface area contributed by atoms with Gasteiger partial charge in [0.15, 0.2) is 10.7 Å². The van der Waals surface area contributed by atoms with Gasteiger partial charge in [0.1, 0.15) is 11.9 Å².